The maximum absolute atomic E-state index is 12.6. The minimum absolute atomic E-state index is 0.0283. The van der Waals surface area contributed by atoms with Crippen LogP contribution in [0, 0.1) is 0 Å². The normalized spacial score (nSPS) is 13.6. The number of thiazole rings is 1. The summed E-state index contributed by atoms with van der Waals surface area (Å²) < 4.78 is 12.6. The SMILES string of the molecule is CCOC(=O)c1ccc2c(c1)sc(=NC(=O)CSCC(=O)Nc1sc3c(c1C(=O)OC)CCCCC3)n2C. The zero-order valence-corrected chi connectivity index (χ0v) is 23.9. The van der Waals surface area contributed by atoms with Crippen molar-refractivity contribution >= 4 is 73.4 Å². The highest BCUT2D eigenvalue weighted by Gasteiger charge is 2.26. The monoisotopic (exact) mass is 575 g/mol. The van der Waals surface area contributed by atoms with Crippen molar-refractivity contribution < 1.29 is 28.7 Å². The fourth-order valence-electron chi connectivity index (χ4n) is 4.26. The van der Waals surface area contributed by atoms with Crippen LogP contribution in [0.4, 0.5) is 5.00 Å². The number of aromatic nitrogens is 1. The predicted molar refractivity (Wildman–Crippen MR) is 150 cm³/mol. The maximum Gasteiger partial charge on any atom is 0.341 e. The number of benzene rings is 1. The Morgan fingerprint density at radius 3 is 2.63 bits per heavy atom. The van der Waals surface area contributed by atoms with Gasteiger partial charge in [-0.15, -0.1) is 23.1 Å². The average molecular weight is 576 g/mol. The van der Waals surface area contributed by atoms with Crippen LogP contribution in [0.1, 0.15) is 57.3 Å². The van der Waals surface area contributed by atoms with Crippen molar-refractivity contribution in [3.05, 3.63) is 44.6 Å². The Hall–Kier alpha value is -2.96. The summed E-state index contributed by atoms with van der Waals surface area (Å²) >= 11 is 3.90. The quantitative estimate of drug-likeness (QED) is 0.314. The molecule has 202 valence electrons. The summed E-state index contributed by atoms with van der Waals surface area (Å²) in [5.41, 5.74) is 2.74. The second-order valence-electron chi connectivity index (χ2n) is 8.65. The first kappa shape index (κ1) is 28.1. The van der Waals surface area contributed by atoms with Crippen LogP contribution in [0.25, 0.3) is 10.2 Å². The molecule has 1 aromatic carbocycles. The molecule has 0 unspecified atom stereocenters. The van der Waals surface area contributed by atoms with E-state index in [1.165, 1.54) is 29.8 Å². The summed E-state index contributed by atoms with van der Waals surface area (Å²) in [5, 5.41) is 3.37. The zero-order chi connectivity index (χ0) is 27.2. The van der Waals surface area contributed by atoms with Crippen molar-refractivity contribution in [2.75, 3.05) is 30.5 Å². The van der Waals surface area contributed by atoms with Crippen LogP contribution in [-0.4, -0.2) is 53.5 Å². The lowest BCUT2D eigenvalue weighted by Crippen LogP contribution is -2.18. The van der Waals surface area contributed by atoms with Gasteiger partial charge in [0.2, 0.25) is 5.91 Å². The number of nitrogens with one attached hydrogen (secondary N) is 1. The van der Waals surface area contributed by atoms with Crippen molar-refractivity contribution in [1.29, 1.82) is 0 Å². The van der Waals surface area contributed by atoms with Crippen LogP contribution in [0.5, 0.6) is 0 Å². The van der Waals surface area contributed by atoms with Gasteiger partial charge in [0.1, 0.15) is 5.00 Å². The van der Waals surface area contributed by atoms with Crippen LogP contribution in [0.2, 0.25) is 0 Å². The largest absolute Gasteiger partial charge is 0.465 e. The minimum atomic E-state index is -0.438. The number of thiophene rings is 1. The predicted octanol–water partition coefficient (Wildman–Crippen LogP) is 4.33. The third kappa shape index (κ3) is 6.36. The number of nitrogens with zero attached hydrogens (tertiary/aromatic N) is 2. The molecule has 9 nitrogen and oxygen atoms in total. The van der Waals surface area contributed by atoms with Crippen LogP contribution >= 0.6 is 34.4 Å². The number of hydrogen-bond acceptors (Lipinski definition) is 9. The first-order chi connectivity index (χ1) is 18.3. The number of anilines is 1. The lowest BCUT2D eigenvalue weighted by atomic mass is 10.1. The number of methoxy groups -OCH3 is 1. The number of aryl methyl sites for hydroxylation is 2. The molecule has 38 heavy (non-hydrogen) atoms. The van der Waals surface area contributed by atoms with E-state index in [9.17, 15) is 19.2 Å². The second-order valence-corrected chi connectivity index (χ2v) is 11.8. The van der Waals surface area contributed by atoms with E-state index in [0.29, 0.717) is 27.5 Å². The number of ether oxygens (including phenoxy) is 2. The molecule has 0 radical (unpaired) electrons. The van der Waals surface area contributed by atoms with E-state index in [4.69, 9.17) is 9.47 Å². The number of esters is 2. The number of rotatable bonds is 8. The van der Waals surface area contributed by atoms with Gasteiger partial charge in [-0.2, -0.15) is 4.99 Å². The summed E-state index contributed by atoms with van der Waals surface area (Å²) in [6, 6.07) is 5.21. The molecule has 2 aromatic heterocycles. The molecule has 2 heterocycles. The fraction of sp³-hybridized carbons (Fsp3) is 0.423. The van der Waals surface area contributed by atoms with E-state index in [0.717, 1.165) is 64.5 Å². The third-order valence-electron chi connectivity index (χ3n) is 6.06. The summed E-state index contributed by atoms with van der Waals surface area (Å²) in [4.78, 5) is 55.5. The highest BCUT2D eigenvalue weighted by atomic mass is 32.2. The van der Waals surface area contributed by atoms with Gasteiger partial charge in [-0.1, -0.05) is 17.8 Å². The van der Waals surface area contributed by atoms with Gasteiger partial charge in [0.25, 0.3) is 5.91 Å². The Morgan fingerprint density at radius 1 is 1.08 bits per heavy atom. The van der Waals surface area contributed by atoms with Gasteiger partial charge in [-0.3, -0.25) is 9.59 Å². The van der Waals surface area contributed by atoms with Gasteiger partial charge in [-0.05, 0) is 56.4 Å². The molecule has 2 amide bonds. The van der Waals surface area contributed by atoms with Crippen LogP contribution < -0.4 is 10.1 Å². The van der Waals surface area contributed by atoms with E-state index in [1.807, 2.05) is 0 Å². The third-order valence-corrected chi connectivity index (χ3v) is 9.28. The number of carbonyl (C=O) groups is 4. The second kappa shape index (κ2) is 12.7. The molecule has 1 N–H and O–H groups in total. The molecule has 1 aliphatic carbocycles. The zero-order valence-electron chi connectivity index (χ0n) is 21.5. The molecule has 3 aromatic rings. The molecule has 12 heteroatoms. The molecule has 0 bridgehead atoms. The summed E-state index contributed by atoms with van der Waals surface area (Å²) in [7, 11) is 3.15. The number of fused-ring (bicyclic) bond motifs is 2. The molecule has 4 rings (SSSR count). The molecule has 0 aliphatic heterocycles. The Labute approximate surface area is 232 Å². The highest BCUT2D eigenvalue weighted by Crippen LogP contribution is 2.38. The molecular formula is C26H29N3O6S3. The summed E-state index contributed by atoms with van der Waals surface area (Å²) in [5.74, 6) is -1.41. The van der Waals surface area contributed by atoms with Crippen LogP contribution in [0.3, 0.4) is 0 Å². The molecule has 0 spiro atoms. The molecule has 0 fully saturated rings. The topological polar surface area (TPSA) is 116 Å². The van der Waals surface area contributed by atoms with Crippen molar-refractivity contribution in [1.82, 2.24) is 4.57 Å². The van der Waals surface area contributed by atoms with E-state index in [2.05, 4.69) is 10.3 Å². The van der Waals surface area contributed by atoms with Crippen LogP contribution in [-0.2, 0) is 39.0 Å². The van der Waals surface area contributed by atoms with Gasteiger partial charge in [-0.25, -0.2) is 9.59 Å². The van der Waals surface area contributed by atoms with Gasteiger partial charge < -0.3 is 19.4 Å². The molecule has 0 saturated heterocycles. The average Bonchev–Trinajstić information content (AvgIpc) is 3.28. The highest BCUT2D eigenvalue weighted by molar-refractivity contribution is 8.00. The summed E-state index contributed by atoms with van der Waals surface area (Å²) in [6.45, 7) is 2.04. The smallest absolute Gasteiger partial charge is 0.341 e. The van der Waals surface area contributed by atoms with Crippen LogP contribution in [0.15, 0.2) is 23.2 Å². The van der Waals surface area contributed by atoms with Crippen molar-refractivity contribution in [2.45, 2.75) is 39.0 Å². The molecule has 0 saturated carbocycles. The number of amides is 2. The molecular weight excluding hydrogens is 547 g/mol. The first-order valence-corrected chi connectivity index (χ1v) is 15.1. The van der Waals surface area contributed by atoms with Crippen molar-refractivity contribution in [3.63, 3.8) is 0 Å². The first-order valence-electron chi connectivity index (χ1n) is 12.3. The van der Waals surface area contributed by atoms with Gasteiger partial charge >= 0.3 is 11.9 Å². The van der Waals surface area contributed by atoms with E-state index in [-0.39, 0.29) is 23.3 Å². The minimum Gasteiger partial charge on any atom is -0.465 e. The number of thioether (sulfide) groups is 1. The molecule has 1 aliphatic rings. The van der Waals surface area contributed by atoms with Crippen molar-refractivity contribution in [2.24, 2.45) is 12.0 Å². The molecule has 0 atom stereocenters. The number of hydrogen-bond donors (Lipinski definition) is 1. The summed E-state index contributed by atoms with van der Waals surface area (Å²) in [6.07, 6.45) is 4.88. The van der Waals surface area contributed by atoms with Crippen molar-refractivity contribution in [3.8, 4) is 0 Å². The van der Waals surface area contributed by atoms with E-state index >= 15 is 0 Å². The van der Waals surface area contributed by atoms with E-state index in [1.54, 1.807) is 36.7 Å². The Kier molecular flexibility index (Phi) is 9.40. The number of carbonyl (C=O) groups excluding carboxylic acids is 4. The Bertz CT molecular complexity index is 1450. The lowest BCUT2D eigenvalue weighted by molar-refractivity contribution is -0.115. The fourth-order valence-corrected chi connectivity index (χ4v) is 7.23. The van der Waals surface area contributed by atoms with Gasteiger partial charge in [0.05, 0.1) is 46.6 Å². The van der Waals surface area contributed by atoms with Gasteiger partial charge in [0.15, 0.2) is 4.80 Å². The van der Waals surface area contributed by atoms with E-state index < -0.39 is 11.9 Å². The van der Waals surface area contributed by atoms with Gasteiger partial charge in [0, 0.05) is 11.9 Å². The Morgan fingerprint density at radius 2 is 1.87 bits per heavy atom. The Balaban J connectivity index is 1.39. The lowest BCUT2D eigenvalue weighted by Gasteiger charge is -2.07. The standard InChI is InChI=1S/C26H29N3O6S3/c1-4-35-24(32)15-10-11-17-19(12-15)38-26(29(17)2)28-21(31)14-36-13-20(30)27-23-22(25(33)34-3)16-8-6-5-7-9-18(16)37-23/h10-12H,4-9,13-14H2,1-3H3,(H,27,30). The maximum atomic E-state index is 12.6.